The van der Waals surface area contributed by atoms with Gasteiger partial charge in [-0.3, -0.25) is 19.6 Å². The first-order chi connectivity index (χ1) is 17.8. The molecular weight excluding hydrogens is 482 g/mol. The number of hydrogen-bond donors (Lipinski definition) is 4. The van der Waals surface area contributed by atoms with E-state index in [9.17, 15) is 29.5 Å². The van der Waals surface area contributed by atoms with Crippen molar-refractivity contribution in [2.75, 3.05) is 13.3 Å². The third kappa shape index (κ3) is 8.07. The number of carbonyl (C=O) groups excluding carboxylic acids is 3. The number of furan rings is 1. The molecule has 0 aliphatic rings. The van der Waals surface area contributed by atoms with Crippen LogP contribution in [0.3, 0.4) is 0 Å². The maximum atomic E-state index is 12.8. The van der Waals surface area contributed by atoms with Crippen LogP contribution in [-0.4, -0.2) is 58.9 Å². The fourth-order valence-corrected chi connectivity index (χ4v) is 4.02. The first-order valence-corrected chi connectivity index (χ1v) is 12.4. The van der Waals surface area contributed by atoms with Gasteiger partial charge < -0.3 is 24.9 Å². The largest absolute Gasteiger partial charge is 0.493 e. The fourth-order valence-electron chi connectivity index (χ4n) is 4.02. The average molecular weight is 518 g/mol. The van der Waals surface area contributed by atoms with Gasteiger partial charge in [0.15, 0.2) is 5.76 Å². The van der Waals surface area contributed by atoms with E-state index in [-0.39, 0.29) is 42.7 Å². The van der Waals surface area contributed by atoms with Crippen LogP contribution in [0.5, 0.6) is 5.75 Å². The van der Waals surface area contributed by atoms with Gasteiger partial charge >= 0.3 is 5.97 Å². The Morgan fingerprint density at radius 1 is 1.11 bits per heavy atom. The first-order valence-electron chi connectivity index (χ1n) is 12.4. The lowest BCUT2D eigenvalue weighted by Gasteiger charge is -2.29. The number of hydroxylamine groups is 2. The monoisotopic (exact) mass is 517 g/mol. The van der Waals surface area contributed by atoms with E-state index in [0.29, 0.717) is 29.2 Å². The Bertz CT molecular complexity index is 1070. The number of rotatable bonds is 16. The number of nitrogens with zero attached hydrogens (tertiary/aromatic N) is 1. The summed E-state index contributed by atoms with van der Waals surface area (Å²) in [5.41, 5.74) is 0.548. The van der Waals surface area contributed by atoms with Crippen molar-refractivity contribution < 1.29 is 38.6 Å². The summed E-state index contributed by atoms with van der Waals surface area (Å²) in [5, 5.41) is 24.9. The SMILES string of the molecule is CCCCC[C@@H](C(=O)NCNC(=O)c1ccc(-c2ccc(C(=O)O)c(OCC)c2)o1)[C@@H](CC)N(O)C=O. The van der Waals surface area contributed by atoms with Crippen LogP contribution in [-0.2, 0) is 9.59 Å². The van der Waals surface area contributed by atoms with Gasteiger partial charge in [0.2, 0.25) is 12.3 Å². The molecule has 1 heterocycles. The molecule has 37 heavy (non-hydrogen) atoms. The predicted octanol–water partition coefficient (Wildman–Crippen LogP) is 3.67. The molecule has 0 aliphatic heterocycles. The fraction of sp³-hybridized carbons (Fsp3) is 0.462. The average Bonchev–Trinajstić information content (AvgIpc) is 3.38. The third-order valence-electron chi connectivity index (χ3n) is 5.92. The van der Waals surface area contributed by atoms with Crippen LogP contribution in [0.25, 0.3) is 11.3 Å². The third-order valence-corrected chi connectivity index (χ3v) is 5.92. The Labute approximate surface area is 215 Å². The molecule has 0 spiro atoms. The van der Waals surface area contributed by atoms with Gasteiger partial charge in [0, 0.05) is 5.56 Å². The first kappa shape index (κ1) is 29.4. The zero-order valence-electron chi connectivity index (χ0n) is 21.4. The van der Waals surface area contributed by atoms with E-state index >= 15 is 0 Å². The Hall–Kier alpha value is -3.86. The second kappa shape index (κ2) is 14.6. The van der Waals surface area contributed by atoms with Crippen molar-refractivity contribution in [2.45, 2.75) is 58.9 Å². The summed E-state index contributed by atoms with van der Waals surface area (Å²) in [6.45, 7) is 5.66. The molecule has 0 saturated carbocycles. The topological polar surface area (TPSA) is 158 Å². The van der Waals surface area contributed by atoms with Crippen LogP contribution >= 0.6 is 0 Å². The van der Waals surface area contributed by atoms with Gasteiger partial charge in [0.1, 0.15) is 17.1 Å². The summed E-state index contributed by atoms with van der Waals surface area (Å²) in [6, 6.07) is 6.85. The van der Waals surface area contributed by atoms with Gasteiger partial charge in [-0.25, -0.2) is 9.86 Å². The van der Waals surface area contributed by atoms with E-state index in [0.717, 1.165) is 19.3 Å². The Kier molecular flexibility index (Phi) is 11.6. The number of aromatic carboxylic acids is 1. The Morgan fingerprint density at radius 2 is 1.86 bits per heavy atom. The smallest absolute Gasteiger partial charge is 0.339 e. The van der Waals surface area contributed by atoms with Crippen LogP contribution in [0, 0.1) is 5.92 Å². The van der Waals surface area contributed by atoms with E-state index in [1.807, 2.05) is 6.92 Å². The summed E-state index contributed by atoms with van der Waals surface area (Å²) in [7, 11) is 0. The number of benzene rings is 1. The molecule has 0 bridgehead atoms. The number of nitrogens with one attached hydrogen (secondary N) is 2. The summed E-state index contributed by atoms with van der Waals surface area (Å²) in [4.78, 5) is 47.8. The maximum Gasteiger partial charge on any atom is 0.339 e. The number of ether oxygens (including phenoxy) is 1. The minimum absolute atomic E-state index is 0.00191. The molecule has 4 N–H and O–H groups in total. The molecule has 1 aromatic heterocycles. The zero-order chi connectivity index (χ0) is 27.4. The van der Waals surface area contributed by atoms with Crippen LogP contribution in [0.2, 0.25) is 0 Å². The van der Waals surface area contributed by atoms with Crippen molar-refractivity contribution in [3.05, 3.63) is 41.7 Å². The predicted molar refractivity (Wildman–Crippen MR) is 134 cm³/mol. The maximum absolute atomic E-state index is 12.8. The van der Waals surface area contributed by atoms with Gasteiger partial charge in [-0.05, 0) is 44.0 Å². The van der Waals surface area contributed by atoms with E-state index in [4.69, 9.17) is 9.15 Å². The summed E-state index contributed by atoms with van der Waals surface area (Å²) in [5.74, 6) is -2.17. The molecular formula is C26H35N3O8. The summed E-state index contributed by atoms with van der Waals surface area (Å²) >= 11 is 0. The summed E-state index contributed by atoms with van der Waals surface area (Å²) < 4.78 is 11.0. The zero-order valence-corrected chi connectivity index (χ0v) is 21.4. The number of carboxylic acids is 1. The highest BCUT2D eigenvalue weighted by Gasteiger charge is 2.30. The van der Waals surface area contributed by atoms with Crippen LogP contribution < -0.4 is 15.4 Å². The lowest BCUT2D eigenvalue weighted by atomic mass is 9.90. The molecule has 11 nitrogen and oxygen atoms in total. The summed E-state index contributed by atoms with van der Waals surface area (Å²) in [6.07, 6.45) is 3.80. The van der Waals surface area contributed by atoms with Crippen LogP contribution in [0.1, 0.15) is 73.8 Å². The second-order valence-corrected chi connectivity index (χ2v) is 8.40. The van der Waals surface area contributed by atoms with E-state index in [2.05, 4.69) is 10.6 Å². The second-order valence-electron chi connectivity index (χ2n) is 8.40. The highest BCUT2D eigenvalue weighted by Crippen LogP contribution is 2.29. The van der Waals surface area contributed by atoms with Crippen LogP contribution in [0.15, 0.2) is 34.7 Å². The molecule has 0 radical (unpaired) electrons. The Balaban J connectivity index is 2.03. The standard InChI is InChI=1S/C26H35N3O8/c1-4-7-8-9-18(20(5-2)29(35)16-30)24(31)27-15-28-25(32)22-13-12-21(37-22)17-10-11-19(26(33)34)23(14-17)36-6-3/h10-14,16,18,20,35H,4-9,15H2,1-3H3,(H,27,31)(H,28,32)(H,33,34)/t18-,20-/m1/s1. The number of amides is 3. The van der Waals surface area contributed by atoms with Gasteiger partial charge in [0.25, 0.3) is 5.91 Å². The van der Waals surface area contributed by atoms with Crippen molar-refractivity contribution in [1.29, 1.82) is 0 Å². The number of carbonyl (C=O) groups is 4. The number of hydrogen-bond acceptors (Lipinski definition) is 7. The van der Waals surface area contributed by atoms with Gasteiger partial charge in [0.05, 0.1) is 25.2 Å². The highest BCUT2D eigenvalue weighted by molar-refractivity contribution is 5.93. The van der Waals surface area contributed by atoms with Crippen molar-refractivity contribution in [1.82, 2.24) is 15.7 Å². The quantitative estimate of drug-likeness (QED) is 0.0863. The Morgan fingerprint density at radius 3 is 2.49 bits per heavy atom. The van der Waals surface area contributed by atoms with Gasteiger partial charge in [-0.2, -0.15) is 0 Å². The molecule has 2 atom stereocenters. The van der Waals surface area contributed by atoms with Crippen molar-refractivity contribution in [3.63, 3.8) is 0 Å². The minimum Gasteiger partial charge on any atom is -0.493 e. The minimum atomic E-state index is -1.12. The van der Waals surface area contributed by atoms with Crippen molar-refractivity contribution in [2.24, 2.45) is 5.92 Å². The number of carboxylic acid groups (broad SMARTS) is 1. The molecule has 202 valence electrons. The van der Waals surface area contributed by atoms with Crippen LogP contribution in [0.4, 0.5) is 0 Å². The van der Waals surface area contributed by atoms with Crippen molar-refractivity contribution >= 4 is 24.2 Å². The lowest BCUT2D eigenvalue weighted by molar-refractivity contribution is -0.168. The van der Waals surface area contributed by atoms with E-state index in [1.54, 1.807) is 26.0 Å². The molecule has 0 aliphatic carbocycles. The molecule has 0 saturated heterocycles. The normalized spacial score (nSPS) is 12.3. The molecule has 2 rings (SSSR count). The molecule has 3 amide bonds. The van der Waals surface area contributed by atoms with Crippen molar-refractivity contribution in [3.8, 4) is 17.1 Å². The molecule has 11 heteroatoms. The molecule has 0 unspecified atom stereocenters. The van der Waals surface area contributed by atoms with E-state index in [1.165, 1.54) is 18.2 Å². The molecule has 0 fully saturated rings. The molecule has 1 aromatic carbocycles. The number of unbranched alkanes of at least 4 members (excludes halogenated alkanes) is 2. The molecule has 2 aromatic rings. The highest BCUT2D eigenvalue weighted by atomic mass is 16.5. The van der Waals surface area contributed by atoms with Gasteiger partial charge in [-0.15, -0.1) is 0 Å². The lowest BCUT2D eigenvalue weighted by Crippen LogP contribution is -2.47. The van der Waals surface area contributed by atoms with Gasteiger partial charge in [-0.1, -0.05) is 39.2 Å². The van der Waals surface area contributed by atoms with E-state index < -0.39 is 23.8 Å².